The highest BCUT2D eigenvalue weighted by Gasteiger charge is 2.06. The summed E-state index contributed by atoms with van der Waals surface area (Å²) in [4.78, 5) is 4.09. The van der Waals surface area contributed by atoms with E-state index >= 15 is 0 Å². The van der Waals surface area contributed by atoms with Crippen LogP contribution in [0.1, 0.15) is 0 Å². The fourth-order valence-corrected chi connectivity index (χ4v) is 1.83. The number of hydrogen-bond acceptors (Lipinski definition) is 3. The third kappa shape index (κ3) is 1.84. The topological polar surface area (TPSA) is 56.7 Å². The first kappa shape index (κ1) is 10.5. The maximum Gasteiger partial charge on any atom is 0.0645 e. The number of rotatable bonds is 2. The molecular weight excluding hydrogens is 224 g/mol. The Balaban J connectivity index is 2.03. The van der Waals surface area contributed by atoms with E-state index in [0.29, 0.717) is 5.69 Å². The van der Waals surface area contributed by atoms with Crippen molar-refractivity contribution in [1.29, 1.82) is 0 Å². The van der Waals surface area contributed by atoms with E-state index in [4.69, 9.17) is 5.73 Å². The summed E-state index contributed by atoms with van der Waals surface area (Å²) >= 11 is 0. The summed E-state index contributed by atoms with van der Waals surface area (Å²) < 4.78 is 1.82. The Morgan fingerprint density at radius 2 is 1.83 bits per heavy atom. The van der Waals surface area contributed by atoms with Gasteiger partial charge in [-0.1, -0.05) is 18.2 Å². The van der Waals surface area contributed by atoms with Gasteiger partial charge in [0.05, 0.1) is 11.9 Å². The Labute approximate surface area is 105 Å². The van der Waals surface area contributed by atoms with E-state index in [-0.39, 0.29) is 0 Å². The normalized spacial score (nSPS) is 10.4. The van der Waals surface area contributed by atoms with E-state index in [1.54, 1.807) is 24.7 Å². The predicted octanol–water partition coefficient (Wildman–Crippen LogP) is 2.52. The average molecular weight is 236 g/mol. The minimum atomic E-state index is 0.706. The molecule has 0 spiro atoms. The Kier molecular flexibility index (Phi) is 2.53. The second-order valence-corrected chi connectivity index (χ2v) is 3.97. The molecule has 0 saturated heterocycles. The number of pyridine rings is 1. The van der Waals surface area contributed by atoms with Gasteiger partial charge in [0.25, 0.3) is 0 Å². The van der Waals surface area contributed by atoms with Crippen molar-refractivity contribution in [3.63, 3.8) is 0 Å². The molecule has 0 aliphatic rings. The van der Waals surface area contributed by atoms with Gasteiger partial charge in [-0.05, 0) is 18.2 Å². The number of nitrogens with zero attached hydrogens (tertiary/aromatic N) is 3. The van der Waals surface area contributed by atoms with Crippen LogP contribution < -0.4 is 5.73 Å². The van der Waals surface area contributed by atoms with E-state index in [1.165, 1.54) is 0 Å². The number of anilines is 1. The molecule has 4 nitrogen and oxygen atoms in total. The minimum Gasteiger partial charge on any atom is -0.398 e. The van der Waals surface area contributed by atoms with E-state index in [1.807, 2.05) is 41.2 Å². The molecular formula is C14H12N4. The van der Waals surface area contributed by atoms with Crippen LogP contribution in [-0.2, 0) is 0 Å². The summed E-state index contributed by atoms with van der Waals surface area (Å²) in [6.07, 6.45) is 7.17. The molecule has 3 rings (SSSR count). The van der Waals surface area contributed by atoms with E-state index in [2.05, 4.69) is 10.1 Å². The maximum atomic E-state index is 5.92. The minimum absolute atomic E-state index is 0.706. The second kappa shape index (κ2) is 4.33. The molecule has 0 unspecified atom stereocenters. The first-order valence-corrected chi connectivity index (χ1v) is 5.64. The fraction of sp³-hybridized carbons (Fsp3) is 0. The van der Waals surface area contributed by atoms with Gasteiger partial charge in [0.1, 0.15) is 0 Å². The quantitative estimate of drug-likeness (QED) is 0.743. The zero-order valence-electron chi connectivity index (χ0n) is 9.69. The van der Waals surface area contributed by atoms with Crippen molar-refractivity contribution in [3.8, 4) is 16.8 Å². The van der Waals surface area contributed by atoms with Gasteiger partial charge in [-0.2, -0.15) is 5.10 Å². The number of aromatic nitrogens is 3. The Morgan fingerprint density at radius 3 is 2.61 bits per heavy atom. The zero-order valence-corrected chi connectivity index (χ0v) is 9.69. The van der Waals surface area contributed by atoms with Gasteiger partial charge in [-0.15, -0.1) is 0 Å². The van der Waals surface area contributed by atoms with Crippen molar-refractivity contribution in [2.45, 2.75) is 0 Å². The molecule has 0 bridgehead atoms. The van der Waals surface area contributed by atoms with Crippen molar-refractivity contribution in [2.75, 3.05) is 5.73 Å². The lowest BCUT2D eigenvalue weighted by atomic mass is 10.1. The molecule has 0 aliphatic carbocycles. The lowest BCUT2D eigenvalue weighted by molar-refractivity contribution is 0.881. The molecule has 2 aromatic heterocycles. The predicted molar refractivity (Wildman–Crippen MR) is 71.2 cm³/mol. The first-order valence-electron chi connectivity index (χ1n) is 5.64. The third-order valence-electron chi connectivity index (χ3n) is 2.77. The molecule has 0 amide bonds. The third-order valence-corrected chi connectivity index (χ3v) is 2.77. The highest BCUT2D eigenvalue weighted by molar-refractivity contribution is 5.74. The van der Waals surface area contributed by atoms with Gasteiger partial charge in [0, 0.05) is 35.4 Å². The molecule has 0 saturated carbocycles. The molecule has 0 aliphatic heterocycles. The Morgan fingerprint density at radius 1 is 1.00 bits per heavy atom. The van der Waals surface area contributed by atoms with Crippen molar-refractivity contribution in [2.24, 2.45) is 0 Å². The Bertz CT molecular complexity index is 658. The first-order chi connectivity index (χ1) is 8.84. The van der Waals surface area contributed by atoms with Crippen LogP contribution in [0.25, 0.3) is 16.8 Å². The number of para-hydroxylation sites is 1. The van der Waals surface area contributed by atoms with Crippen LogP contribution in [0.4, 0.5) is 5.69 Å². The van der Waals surface area contributed by atoms with E-state index in [9.17, 15) is 0 Å². The zero-order chi connectivity index (χ0) is 12.4. The molecule has 88 valence electrons. The van der Waals surface area contributed by atoms with Gasteiger partial charge in [0.2, 0.25) is 0 Å². The molecule has 1 aromatic carbocycles. The molecule has 0 atom stereocenters. The van der Waals surface area contributed by atoms with Gasteiger partial charge >= 0.3 is 0 Å². The van der Waals surface area contributed by atoms with Crippen LogP contribution in [0.2, 0.25) is 0 Å². The van der Waals surface area contributed by atoms with Crippen LogP contribution >= 0.6 is 0 Å². The number of benzene rings is 1. The van der Waals surface area contributed by atoms with Gasteiger partial charge in [0.15, 0.2) is 0 Å². The van der Waals surface area contributed by atoms with Crippen LogP contribution in [0.3, 0.4) is 0 Å². The largest absolute Gasteiger partial charge is 0.398 e. The maximum absolute atomic E-state index is 5.92. The summed E-state index contributed by atoms with van der Waals surface area (Å²) in [6, 6.07) is 11.7. The number of hydrogen-bond donors (Lipinski definition) is 1. The average Bonchev–Trinajstić information content (AvgIpc) is 2.90. The second-order valence-electron chi connectivity index (χ2n) is 3.97. The van der Waals surface area contributed by atoms with Crippen LogP contribution in [0.15, 0.2) is 61.2 Å². The summed E-state index contributed by atoms with van der Waals surface area (Å²) in [5.74, 6) is 0. The highest BCUT2D eigenvalue weighted by Crippen LogP contribution is 2.24. The van der Waals surface area contributed by atoms with Gasteiger partial charge in [-0.25, -0.2) is 4.68 Å². The Hall–Kier alpha value is -2.62. The summed E-state index contributed by atoms with van der Waals surface area (Å²) in [6.45, 7) is 0. The molecule has 18 heavy (non-hydrogen) atoms. The lowest BCUT2D eigenvalue weighted by Crippen LogP contribution is -1.93. The van der Waals surface area contributed by atoms with E-state index in [0.717, 1.165) is 16.8 Å². The van der Waals surface area contributed by atoms with Crippen LogP contribution in [0, 0.1) is 0 Å². The van der Waals surface area contributed by atoms with Crippen molar-refractivity contribution >= 4 is 5.69 Å². The van der Waals surface area contributed by atoms with Crippen molar-refractivity contribution in [3.05, 3.63) is 61.2 Å². The van der Waals surface area contributed by atoms with E-state index < -0.39 is 0 Å². The SMILES string of the molecule is Nc1ccncc1-c1cnn(-c2ccccc2)c1. The number of nitrogens with two attached hydrogens (primary N) is 1. The summed E-state index contributed by atoms with van der Waals surface area (Å²) in [5, 5.41) is 4.34. The molecule has 2 heterocycles. The standard InChI is InChI=1S/C14H12N4/c15-14-6-7-16-9-13(14)11-8-17-18(10-11)12-4-2-1-3-5-12/h1-10H,(H2,15,16). The highest BCUT2D eigenvalue weighted by atomic mass is 15.3. The molecule has 3 aromatic rings. The monoisotopic (exact) mass is 236 g/mol. The number of nitrogen functional groups attached to an aromatic ring is 1. The van der Waals surface area contributed by atoms with Crippen LogP contribution in [-0.4, -0.2) is 14.8 Å². The molecule has 0 radical (unpaired) electrons. The molecule has 4 heteroatoms. The summed E-state index contributed by atoms with van der Waals surface area (Å²) in [7, 11) is 0. The summed E-state index contributed by atoms with van der Waals surface area (Å²) in [5.41, 5.74) is 9.51. The van der Waals surface area contributed by atoms with Gasteiger partial charge < -0.3 is 5.73 Å². The van der Waals surface area contributed by atoms with Gasteiger partial charge in [-0.3, -0.25) is 4.98 Å². The van der Waals surface area contributed by atoms with Crippen molar-refractivity contribution in [1.82, 2.24) is 14.8 Å². The lowest BCUT2D eigenvalue weighted by Gasteiger charge is -2.01. The van der Waals surface area contributed by atoms with Crippen molar-refractivity contribution < 1.29 is 0 Å². The fourth-order valence-electron chi connectivity index (χ4n) is 1.83. The smallest absolute Gasteiger partial charge is 0.0645 e. The molecule has 0 fully saturated rings. The van der Waals surface area contributed by atoms with Crippen LogP contribution in [0.5, 0.6) is 0 Å². The molecule has 2 N–H and O–H groups in total.